The fourth-order valence-corrected chi connectivity index (χ4v) is 3.53. The van der Waals surface area contributed by atoms with Crippen LogP contribution in [0.4, 0.5) is 0 Å². The average molecular weight is 320 g/mol. The van der Waals surface area contributed by atoms with Gasteiger partial charge in [0.25, 0.3) is 0 Å². The maximum atomic E-state index is 12.3. The number of likely N-dealkylation sites (N-methyl/N-ethyl adjacent to an activating group) is 1. The summed E-state index contributed by atoms with van der Waals surface area (Å²) in [6.07, 6.45) is 4.39. The number of aromatic nitrogens is 1. The third-order valence-corrected chi connectivity index (χ3v) is 5.03. The fraction of sp³-hybridized carbons (Fsp3) is 0.500. The second-order valence-electron chi connectivity index (χ2n) is 5.83. The van der Waals surface area contributed by atoms with Crippen LogP contribution in [0.15, 0.2) is 28.2 Å². The molecule has 1 saturated carbocycles. The van der Waals surface area contributed by atoms with Crippen LogP contribution >= 0.6 is 11.3 Å². The molecule has 1 N–H and O–H groups in total. The molecule has 0 bridgehead atoms. The van der Waals surface area contributed by atoms with E-state index in [1.807, 2.05) is 17.5 Å². The Balaban J connectivity index is 1.57. The van der Waals surface area contributed by atoms with Crippen LogP contribution in [0, 0.1) is 5.92 Å². The second-order valence-corrected chi connectivity index (χ2v) is 6.78. The van der Waals surface area contributed by atoms with E-state index in [0.717, 1.165) is 24.1 Å². The molecular formula is C16H20N2O3S. The minimum atomic E-state index is -0.271. The molecule has 1 aliphatic rings. The summed E-state index contributed by atoms with van der Waals surface area (Å²) in [6.45, 7) is 0.607. The molecule has 5 nitrogen and oxygen atoms in total. The Bertz CT molecular complexity index is 623. The number of nitrogens with zero attached hydrogens (tertiary/aromatic N) is 2. The van der Waals surface area contributed by atoms with Gasteiger partial charge in [-0.05, 0) is 24.3 Å². The first-order valence-corrected chi connectivity index (χ1v) is 8.42. The lowest BCUT2D eigenvalue weighted by molar-refractivity contribution is -0.130. The SMILES string of the molecule is CN(CC1CCCC1O)C(=O)Cc1coc(-c2cccs2)n1. The molecule has 0 aliphatic heterocycles. The van der Waals surface area contributed by atoms with Crippen molar-refractivity contribution in [3.63, 3.8) is 0 Å². The number of carbonyl (C=O) groups is 1. The first-order chi connectivity index (χ1) is 10.6. The standard InChI is InChI=1S/C16H20N2O3S/c1-18(9-11-4-2-5-13(11)19)15(20)8-12-10-21-16(17-12)14-6-3-7-22-14/h3,6-7,10-11,13,19H,2,4-5,8-9H2,1H3. The van der Waals surface area contributed by atoms with Gasteiger partial charge in [0.2, 0.25) is 11.8 Å². The van der Waals surface area contributed by atoms with E-state index >= 15 is 0 Å². The number of amides is 1. The molecule has 1 fully saturated rings. The predicted molar refractivity (Wildman–Crippen MR) is 84.5 cm³/mol. The third-order valence-electron chi connectivity index (χ3n) is 4.17. The molecule has 2 aromatic heterocycles. The van der Waals surface area contributed by atoms with Gasteiger partial charge in [-0.2, -0.15) is 0 Å². The summed E-state index contributed by atoms with van der Waals surface area (Å²) in [5.41, 5.74) is 0.646. The monoisotopic (exact) mass is 320 g/mol. The van der Waals surface area contributed by atoms with Crippen LogP contribution in [0.5, 0.6) is 0 Å². The number of rotatable bonds is 5. The average Bonchev–Trinajstić information content (AvgIpc) is 3.21. The van der Waals surface area contributed by atoms with E-state index < -0.39 is 0 Å². The Hall–Kier alpha value is -1.66. The number of hydrogen-bond acceptors (Lipinski definition) is 5. The van der Waals surface area contributed by atoms with Gasteiger partial charge in [0.1, 0.15) is 6.26 Å². The van der Waals surface area contributed by atoms with Crippen molar-refractivity contribution in [2.24, 2.45) is 5.92 Å². The minimum absolute atomic E-state index is 0.00475. The topological polar surface area (TPSA) is 66.6 Å². The fourth-order valence-electron chi connectivity index (χ4n) is 2.88. The van der Waals surface area contributed by atoms with Crippen molar-refractivity contribution in [2.75, 3.05) is 13.6 Å². The minimum Gasteiger partial charge on any atom is -0.444 e. The van der Waals surface area contributed by atoms with Gasteiger partial charge in [-0.3, -0.25) is 4.79 Å². The van der Waals surface area contributed by atoms with Gasteiger partial charge in [0.05, 0.1) is 23.1 Å². The second kappa shape index (κ2) is 6.62. The Morgan fingerprint density at radius 1 is 1.55 bits per heavy atom. The van der Waals surface area contributed by atoms with E-state index in [4.69, 9.17) is 4.42 Å². The summed E-state index contributed by atoms with van der Waals surface area (Å²) < 4.78 is 5.43. The first-order valence-electron chi connectivity index (χ1n) is 7.54. The van der Waals surface area contributed by atoms with Crippen LogP contribution < -0.4 is 0 Å². The highest BCUT2D eigenvalue weighted by Crippen LogP contribution is 2.26. The van der Waals surface area contributed by atoms with E-state index in [-0.39, 0.29) is 24.3 Å². The number of aliphatic hydroxyl groups is 1. The molecule has 0 spiro atoms. The number of aliphatic hydroxyl groups excluding tert-OH is 1. The summed E-state index contributed by atoms with van der Waals surface area (Å²) in [4.78, 5) is 19.3. The lowest BCUT2D eigenvalue weighted by atomic mass is 10.1. The number of hydrogen-bond donors (Lipinski definition) is 1. The molecule has 1 amide bonds. The van der Waals surface area contributed by atoms with Crippen LogP contribution in [0.2, 0.25) is 0 Å². The number of oxazole rings is 1. The Morgan fingerprint density at radius 2 is 2.41 bits per heavy atom. The normalized spacial score (nSPS) is 21.2. The highest BCUT2D eigenvalue weighted by Gasteiger charge is 2.27. The van der Waals surface area contributed by atoms with E-state index in [1.165, 1.54) is 0 Å². The Kier molecular flexibility index (Phi) is 4.59. The van der Waals surface area contributed by atoms with Crippen molar-refractivity contribution in [1.82, 2.24) is 9.88 Å². The zero-order chi connectivity index (χ0) is 15.5. The van der Waals surface area contributed by atoms with Gasteiger partial charge < -0.3 is 14.4 Å². The van der Waals surface area contributed by atoms with Crippen molar-refractivity contribution >= 4 is 17.2 Å². The Labute approximate surface area is 133 Å². The summed E-state index contributed by atoms with van der Waals surface area (Å²) in [5.74, 6) is 0.768. The van der Waals surface area contributed by atoms with Gasteiger partial charge in [-0.15, -0.1) is 11.3 Å². The van der Waals surface area contributed by atoms with Crippen LogP contribution in [0.1, 0.15) is 25.0 Å². The van der Waals surface area contributed by atoms with E-state index in [1.54, 1.807) is 29.5 Å². The van der Waals surface area contributed by atoms with E-state index in [0.29, 0.717) is 18.1 Å². The third kappa shape index (κ3) is 3.39. The summed E-state index contributed by atoms with van der Waals surface area (Å²) >= 11 is 1.56. The maximum Gasteiger partial charge on any atom is 0.236 e. The highest BCUT2D eigenvalue weighted by atomic mass is 32.1. The molecular weight excluding hydrogens is 300 g/mol. The summed E-state index contributed by atoms with van der Waals surface area (Å²) in [5, 5.41) is 11.8. The molecule has 2 aromatic rings. The van der Waals surface area contributed by atoms with Gasteiger partial charge in [-0.1, -0.05) is 12.5 Å². The molecule has 0 radical (unpaired) electrons. The molecule has 2 atom stereocenters. The molecule has 2 unspecified atom stereocenters. The number of thiophene rings is 1. The van der Waals surface area contributed by atoms with Crippen LogP contribution in [-0.4, -0.2) is 40.6 Å². The maximum absolute atomic E-state index is 12.3. The molecule has 1 aliphatic carbocycles. The van der Waals surface area contributed by atoms with Crippen molar-refractivity contribution < 1.29 is 14.3 Å². The quantitative estimate of drug-likeness (QED) is 0.919. The molecule has 0 aromatic carbocycles. The molecule has 6 heteroatoms. The lowest BCUT2D eigenvalue weighted by Gasteiger charge is -2.23. The van der Waals surface area contributed by atoms with Gasteiger partial charge in [0.15, 0.2) is 0 Å². The predicted octanol–water partition coefficient (Wildman–Crippen LogP) is 2.57. The first kappa shape index (κ1) is 15.2. The summed E-state index contributed by atoms with van der Waals surface area (Å²) in [6, 6.07) is 3.88. The van der Waals surface area contributed by atoms with Crippen molar-refractivity contribution in [1.29, 1.82) is 0 Å². The number of carbonyl (C=O) groups excluding carboxylic acids is 1. The zero-order valence-electron chi connectivity index (χ0n) is 12.6. The Morgan fingerprint density at radius 3 is 3.09 bits per heavy atom. The highest BCUT2D eigenvalue weighted by molar-refractivity contribution is 7.13. The molecule has 0 saturated heterocycles. The lowest BCUT2D eigenvalue weighted by Crippen LogP contribution is -2.35. The van der Waals surface area contributed by atoms with Crippen molar-refractivity contribution in [3.05, 3.63) is 29.5 Å². The van der Waals surface area contributed by atoms with Crippen LogP contribution in [0.3, 0.4) is 0 Å². The smallest absolute Gasteiger partial charge is 0.236 e. The molecule has 22 heavy (non-hydrogen) atoms. The molecule has 118 valence electrons. The zero-order valence-corrected chi connectivity index (χ0v) is 13.4. The van der Waals surface area contributed by atoms with Crippen molar-refractivity contribution in [3.8, 4) is 10.8 Å². The largest absolute Gasteiger partial charge is 0.444 e. The van der Waals surface area contributed by atoms with Gasteiger partial charge in [0, 0.05) is 19.5 Å². The summed E-state index contributed by atoms with van der Waals surface area (Å²) in [7, 11) is 1.79. The van der Waals surface area contributed by atoms with Crippen LogP contribution in [-0.2, 0) is 11.2 Å². The van der Waals surface area contributed by atoms with Gasteiger partial charge in [-0.25, -0.2) is 4.98 Å². The van der Waals surface area contributed by atoms with E-state index in [9.17, 15) is 9.90 Å². The van der Waals surface area contributed by atoms with Crippen molar-refractivity contribution in [2.45, 2.75) is 31.8 Å². The van der Waals surface area contributed by atoms with E-state index in [2.05, 4.69) is 4.98 Å². The molecule has 3 rings (SSSR count). The molecule has 2 heterocycles. The van der Waals surface area contributed by atoms with Gasteiger partial charge >= 0.3 is 0 Å². The van der Waals surface area contributed by atoms with Crippen LogP contribution in [0.25, 0.3) is 10.8 Å².